The van der Waals surface area contributed by atoms with Crippen LogP contribution in [0, 0.1) is 0 Å². The zero-order valence-corrected chi connectivity index (χ0v) is 13.2. The predicted molar refractivity (Wildman–Crippen MR) is 92.7 cm³/mol. The Morgan fingerprint density at radius 3 is 2.46 bits per heavy atom. The number of nitrogens with zero attached hydrogens (tertiary/aromatic N) is 2. The number of nitrogens with one attached hydrogen (secondary N) is 1. The number of anilines is 1. The fourth-order valence-corrected chi connectivity index (χ4v) is 2.38. The molecule has 0 fully saturated rings. The molecular formula is C19H17N3O2. The van der Waals surface area contributed by atoms with Crippen molar-refractivity contribution in [1.82, 2.24) is 9.97 Å². The van der Waals surface area contributed by atoms with Crippen LogP contribution in [0.4, 0.5) is 5.82 Å². The Bertz CT molecular complexity index is 846. The first-order valence-corrected chi connectivity index (χ1v) is 7.58. The number of hydrogen-bond donors (Lipinski definition) is 2. The van der Waals surface area contributed by atoms with Gasteiger partial charge in [-0.1, -0.05) is 30.3 Å². The molecule has 1 amide bonds. The zero-order valence-electron chi connectivity index (χ0n) is 13.2. The average Bonchev–Trinajstić information content (AvgIpc) is 2.58. The molecule has 0 aliphatic rings. The lowest BCUT2D eigenvalue weighted by atomic mass is 10.1. The van der Waals surface area contributed by atoms with Crippen LogP contribution in [0.15, 0.2) is 60.8 Å². The van der Waals surface area contributed by atoms with Gasteiger partial charge in [0.1, 0.15) is 5.75 Å². The molecule has 0 unspecified atom stereocenters. The molecule has 5 nitrogen and oxygen atoms in total. The van der Waals surface area contributed by atoms with E-state index in [1.165, 1.54) is 6.92 Å². The molecule has 0 aliphatic heterocycles. The smallest absolute Gasteiger partial charge is 0.222 e. The highest BCUT2D eigenvalue weighted by Crippen LogP contribution is 2.23. The number of amides is 1. The third kappa shape index (κ3) is 3.76. The number of rotatable bonds is 4. The largest absolute Gasteiger partial charge is 0.508 e. The van der Waals surface area contributed by atoms with Crippen LogP contribution in [-0.2, 0) is 11.2 Å². The molecule has 5 heteroatoms. The molecule has 0 bridgehead atoms. The highest BCUT2D eigenvalue weighted by molar-refractivity contribution is 5.88. The molecule has 24 heavy (non-hydrogen) atoms. The molecule has 1 heterocycles. The number of hydrogen-bond acceptors (Lipinski definition) is 4. The normalized spacial score (nSPS) is 10.4. The minimum atomic E-state index is -0.184. The molecule has 0 radical (unpaired) electrons. The van der Waals surface area contributed by atoms with Crippen molar-refractivity contribution < 1.29 is 9.90 Å². The molecule has 0 saturated heterocycles. The van der Waals surface area contributed by atoms with Gasteiger partial charge in [0.05, 0.1) is 17.6 Å². The van der Waals surface area contributed by atoms with Crippen molar-refractivity contribution in [3.63, 3.8) is 0 Å². The number of phenols is 1. The first-order chi connectivity index (χ1) is 11.6. The van der Waals surface area contributed by atoms with Crippen LogP contribution < -0.4 is 5.32 Å². The lowest BCUT2D eigenvalue weighted by Crippen LogP contribution is -2.12. The van der Waals surface area contributed by atoms with E-state index in [1.807, 2.05) is 30.3 Å². The number of aromatic hydroxyl groups is 1. The first-order valence-electron chi connectivity index (χ1n) is 7.58. The number of benzene rings is 2. The molecule has 120 valence electrons. The fourth-order valence-electron chi connectivity index (χ4n) is 2.38. The molecule has 0 spiro atoms. The maximum absolute atomic E-state index is 11.4. The van der Waals surface area contributed by atoms with Crippen molar-refractivity contribution in [2.75, 3.05) is 5.32 Å². The monoisotopic (exact) mass is 319 g/mol. The van der Waals surface area contributed by atoms with E-state index in [0.717, 1.165) is 11.1 Å². The second kappa shape index (κ2) is 6.91. The van der Waals surface area contributed by atoms with Gasteiger partial charge in [-0.15, -0.1) is 0 Å². The van der Waals surface area contributed by atoms with Crippen molar-refractivity contribution in [2.24, 2.45) is 0 Å². The van der Waals surface area contributed by atoms with Crippen molar-refractivity contribution in [2.45, 2.75) is 13.3 Å². The standard InChI is InChI=1S/C19H17N3O2/c1-13(23)21-19-17(11-14-5-3-2-4-6-14)22-18(12-20-19)15-7-9-16(24)10-8-15/h2-10,12,24H,11H2,1H3,(H,20,21,23). The van der Waals surface area contributed by atoms with Gasteiger partial charge >= 0.3 is 0 Å². The van der Waals surface area contributed by atoms with E-state index in [-0.39, 0.29) is 11.7 Å². The van der Waals surface area contributed by atoms with E-state index >= 15 is 0 Å². The van der Waals surface area contributed by atoms with Crippen LogP contribution in [0.5, 0.6) is 5.75 Å². The van der Waals surface area contributed by atoms with E-state index in [0.29, 0.717) is 23.6 Å². The lowest BCUT2D eigenvalue weighted by molar-refractivity contribution is -0.114. The molecule has 2 aromatic carbocycles. The number of carbonyl (C=O) groups excluding carboxylic acids is 1. The highest BCUT2D eigenvalue weighted by atomic mass is 16.3. The summed E-state index contributed by atoms with van der Waals surface area (Å²) >= 11 is 0. The van der Waals surface area contributed by atoms with Gasteiger partial charge in [0, 0.05) is 18.9 Å². The Kier molecular flexibility index (Phi) is 4.52. The third-order valence-electron chi connectivity index (χ3n) is 3.52. The maximum atomic E-state index is 11.4. The number of phenolic OH excluding ortho intramolecular Hbond substituents is 1. The molecule has 0 aliphatic carbocycles. The van der Waals surface area contributed by atoms with Crippen LogP contribution in [0.25, 0.3) is 11.3 Å². The number of carbonyl (C=O) groups is 1. The van der Waals surface area contributed by atoms with Gasteiger partial charge in [0.2, 0.25) is 5.91 Å². The van der Waals surface area contributed by atoms with Crippen molar-refractivity contribution in [1.29, 1.82) is 0 Å². The van der Waals surface area contributed by atoms with Crippen molar-refractivity contribution >= 4 is 11.7 Å². The highest BCUT2D eigenvalue weighted by Gasteiger charge is 2.11. The summed E-state index contributed by atoms with van der Waals surface area (Å²) in [6, 6.07) is 16.7. The minimum Gasteiger partial charge on any atom is -0.508 e. The Labute approximate surface area is 140 Å². The van der Waals surface area contributed by atoms with E-state index in [1.54, 1.807) is 30.5 Å². The Morgan fingerprint density at radius 1 is 1.08 bits per heavy atom. The van der Waals surface area contributed by atoms with Gasteiger partial charge in [-0.05, 0) is 29.8 Å². The second-order valence-electron chi connectivity index (χ2n) is 5.44. The summed E-state index contributed by atoms with van der Waals surface area (Å²) in [5, 5.41) is 12.1. The summed E-state index contributed by atoms with van der Waals surface area (Å²) in [5.74, 6) is 0.482. The zero-order chi connectivity index (χ0) is 16.9. The van der Waals surface area contributed by atoms with E-state index in [2.05, 4.69) is 15.3 Å². The molecule has 0 atom stereocenters. The average molecular weight is 319 g/mol. The molecule has 3 aromatic rings. The van der Waals surface area contributed by atoms with Crippen LogP contribution in [-0.4, -0.2) is 21.0 Å². The van der Waals surface area contributed by atoms with Crippen LogP contribution >= 0.6 is 0 Å². The minimum absolute atomic E-state index is 0.184. The maximum Gasteiger partial charge on any atom is 0.222 e. The summed E-state index contributed by atoms with van der Waals surface area (Å²) in [6.45, 7) is 1.45. The Hall–Kier alpha value is -3.21. The van der Waals surface area contributed by atoms with Gasteiger partial charge in [-0.2, -0.15) is 0 Å². The van der Waals surface area contributed by atoms with Gasteiger partial charge in [-0.25, -0.2) is 9.97 Å². The Balaban J connectivity index is 1.99. The summed E-state index contributed by atoms with van der Waals surface area (Å²) in [4.78, 5) is 20.4. The summed E-state index contributed by atoms with van der Waals surface area (Å²) < 4.78 is 0. The first kappa shape index (κ1) is 15.7. The van der Waals surface area contributed by atoms with Gasteiger partial charge in [-0.3, -0.25) is 4.79 Å². The van der Waals surface area contributed by atoms with Crippen molar-refractivity contribution in [3.8, 4) is 17.0 Å². The third-order valence-corrected chi connectivity index (χ3v) is 3.52. The van der Waals surface area contributed by atoms with E-state index in [9.17, 15) is 9.90 Å². The topological polar surface area (TPSA) is 75.1 Å². The van der Waals surface area contributed by atoms with E-state index in [4.69, 9.17) is 0 Å². The number of aromatic nitrogens is 2. The van der Waals surface area contributed by atoms with Crippen molar-refractivity contribution in [3.05, 3.63) is 72.1 Å². The summed E-state index contributed by atoms with van der Waals surface area (Å²) in [7, 11) is 0. The van der Waals surface area contributed by atoms with Crippen LogP contribution in [0.3, 0.4) is 0 Å². The Morgan fingerprint density at radius 2 is 1.79 bits per heavy atom. The fraction of sp³-hybridized carbons (Fsp3) is 0.105. The lowest BCUT2D eigenvalue weighted by Gasteiger charge is -2.11. The molecule has 2 N–H and O–H groups in total. The molecular weight excluding hydrogens is 302 g/mol. The van der Waals surface area contributed by atoms with Crippen LogP contribution in [0.1, 0.15) is 18.2 Å². The SMILES string of the molecule is CC(=O)Nc1ncc(-c2ccc(O)cc2)nc1Cc1ccccc1. The molecule has 0 saturated carbocycles. The molecule has 1 aromatic heterocycles. The van der Waals surface area contributed by atoms with Crippen LogP contribution in [0.2, 0.25) is 0 Å². The van der Waals surface area contributed by atoms with Gasteiger partial charge in [0.25, 0.3) is 0 Å². The van der Waals surface area contributed by atoms with Gasteiger partial charge < -0.3 is 10.4 Å². The van der Waals surface area contributed by atoms with E-state index < -0.39 is 0 Å². The quantitative estimate of drug-likeness (QED) is 0.773. The molecule has 3 rings (SSSR count). The summed E-state index contributed by atoms with van der Waals surface area (Å²) in [6.07, 6.45) is 2.18. The summed E-state index contributed by atoms with van der Waals surface area (Å²) in [5.41, 5.74) is 3.32. The van der Waals surface area contributed by atoms with Gasteiger partial charge in [0.15, 0.2) is 5.82 Å². The predicted octanol–water partition coefficient (Wildman–Crippen LogP) is 3.40. The second-order valence-corrected chi connectivity index (χ2v) is 5.44.